The average molecular weight is 406 g/mol. The number of amides is 1. The van der Waals surface area contributed by atoms with E-state index in [0.717, 1.165) is 14.6 Å². The third-order valence-corrected chi connectivity index (χ3v) is 5.51. The van der Waals surface area contributed by atoms with Crippen molar-refractivity contribution in [2.45, 2.75) is 10.1 Å². The second-order valence-electron chi connectivity index (χ2n) is 4.61. The van der Waals surface area contributed by atoms with E-state index in [0.29, 0.717) is 10.7 Å². The Morgan fingerprint density at radius 2 is 1.83 bits per heavy atom. The lowest BCUT2D eigenvalue weighted by Crippen LogP contribution is -2.11. The van der Waals surface area contributed by atoms with Gasteiger partial charge in [-0.1, -0.05) is 69.4 Å². The van der Waals surface area contributed by atoms with Gasteiger partial charge in [0.1, 0.15) is 0 Å². The monoisotopic (exact) mass is 405 g/mol. The molecule has 1 heterocycles. The van der Waals surface area contributed by atoms with E-state index >= 15 is 0 Å². The third-order valence-electron chi connectivity index (χ3n) is 2.94. The van der Waals surface area contributed by atoms with Gasteiger partial charge in [0.2, 0.25) is 5.13 Å². The second-order valence-corrected chi connectivity index (χ2v) is 7.72. The molecule has 0 bridgehead atoms. The molecule has 0 aliphatic rings. The predicted octanol–water partition coefficient (Wildman–Crippen LogP) is 4.85. The summed E-state index contributed by atoms with van der Waals surface area (Å²) in [6.07, 6.45) is 0. The van der Waals surface area contributed by atoms with Crippen LogP contribution >= 0.6 is 39.0 Å². The minimum absolute atomic E-state index is 0.187. The molecule has 116 valence electrons. The molecule has 0 spiro atoms. The molecule has 0 aliphatic heterocycles. The fraction of sp³-hybridized carbons (Fsp3) is 0.0625. The first-order valence-corrected chi connectivity index (χ1v) is 9.37. The van der Waals surface area contributed by atoms with Gasteiger partial charge in [-0.25, -0.2) is 0 Å². The highest BCUT2D eigenvalue weighted by atomic mass is 79.9. The summed E-state index contributed by atoms with van der Waals surface area (Å²) in [6.45, 7) is 0. The molecule has 3 aromatic rings. The number of aromatic nitrogens is 2. The molecule has 23 heavy (non-hydrogen) atoms. The molecular formula is C16H12BrN3OS2. The number of hydrogen-bond acceptors (Lipinski definition) is 5. The van der Waals surface area contributed by atoms with Gasteiger partial charge in [-0.3, -0.25) is 10.1 Å². The van der Waals surface area contributed by atoms with Crippen LogP contribution in [0.3, 0.4) is 0 Å². The van der Waals surface area contributed by atoms with Crippen LogP contribution in [0, 0.1) is 0 Å². The van der Waals surface area contributed by atoms with E-state index in [1.165, 1.54) is 16.9 Å². The summed E-state index contributed by atoms with van der Waals surface area (Å²) in [5, 5.41) is 11.4. The molecule has 0 saturated heterocycles. The lowest BCUT2D eigenvalue weighted by molar-refractivity contribution is 0.102. The van der Waals surface area contributed by atoms with Crippen LogP contribution in [-0.4, -0.2) is 16.1 Å². The summed E-state index contributed by atoms with van der Waals surface area (Å²) in [5.41, 5.74) is 1.81. The van der Waals surface area contributed by atoms with Gasteiger partial charge in [-0.2, -0.15) is 0 Å². The van der Waals surface area contributed by atoms with Crippen LogP contribution in [0.25, 0.3) is 0 Å². The van der Waals surface area contributed by atoms with Gasteiger partial charge in [-0.15, -0.1) is 10.2 Å². The number of benzene rings is 2. The van der Waals surface area contributed by atoms with Crippen molar-refractivity contribution in [1.29, 1.82) is 0 Å². The molecule has 1 N–H and O–H groups in total. The Kier molecular flexibility index (Phi) is 5.43. The quantitative estimate of drug-likeness (QED) is 0.487. The Morgan fingerprint density at radius 1 is 1.09 bits per heavy atom. The van der Waals surface area contributed by atoms with Crippen LogP contribution in [0.2, 0.25) is 0 Å². The number of halogens is 1. The summed E-state index contributed by atoms with van der Waals surface area (Å²) in [4.78, 5) is 12.1. The molecule has 2 aromatic carbocycles. The fourth-order valence-electron chi connectivity index (χ4n) is 1.81. The van der Waals surface area contributed by atoms with Gasteiger partial charge in [0.05, 0.1) is 0 Å². The molecule has 1 amide bonds. The fourth-order valence-corrected chi connectivity index (χ4v) is 3.78. The van der Waals surface area contributed by atoms with Crippen LogP contribution < -0.4 is 5.32 Å². The van der Waals surface area contributed by atoms with Crippen molar-refractivity contribution in [2.24, 2.45) is 0 Å². The second kappa shape index (κ2) is 7.72. The zero-order chi connectivity index (χ0) is 16.1. The third kappa shape index (κ3) is 4.63. The minimum atomic E-state index is -0.187. The molecular weight excluding hydrogens is 394 g/mol. The molecule has 4 nitrogen and oxygen atoms in total. The number of hydrogen-bond donors (Lipinski definition) is 1. The minimum Gasteiger partial charge on any atom is -0.296 e. The zero-order valence-electron chi connectivity index (χ0n) is 11.9. The van der Waals surface area contributed by atoms with Crippen LogP contribution in [0.15, 0.2) is 63.4 Å². The van der Waals surface area contributed by atoms with Crippen molar-refractivity contribution in [3.05, 3.63) is 70.2 Å². The number of carbonyl (C=O) groups is 1. The maximum atomic E-state index is 12.1. The largest absolute Gasteiger partial charge is 0.296 e. The number of rotatable bonds is 5. The zero-order valence-corrected chi connectivity index (χ0v) is 15.1. The Balaban J connectivity index is 1.58. The number of carbonyl (C=O) groups excluding carboxylic acids is 1. The Labute approximate surface area is 150 Å². The van der Waals surface area contributed by atoms with Gasteiger partial charge in [0.25, 0.3) is 5.91 Å². The van der Waals surface area contributed by atoms with E-state index in [-0.39, 0.29) is 5.91 Å². The van der Waals surface area contributed by atoms with Gasteiger partial charge in [0.15, 0.2) is 4.34 Å². The molecule has 7 heteroatoms. The van der Waals surface area contributed by atoms with Crippen LogP contribution in [0.4, 0.5) is 5.13 Å². The number of nitrogens with one attached hydrogen (secondary N) is 1. The van der Waals surface area contributed by atoms with Gasteiger partial charge >= 0.3 is 0 Å². The van der Waals surface area contributed by atoms with E-state index in [1.807, 2.05) is 30.3 Å². The average Bonchev–Trinajstić information content (AvgIpc) is 3.02. The maximum absolute atomic E-state index is 12.1. The Bertz CT molecular complexity index is 791. The van der Waals surface area contributed by atoms with Crippen molar-refractivity contribution >= 4 is 50.1 Å². The van der Waals surface area contributed by atoms with E-state index < -0.39 is 0 Å². The number of thioether (sulfide) groups is 1. The standard InChI is InChI=1S/C16H12BrN3OS2/c17-13-8-6-12(7-9-13)14(21)18-15-19-20-16(23-15)22-10-11-4-2-1-3-5-11/h1-9H,10H2,(H,18,19,21). The Morgan fingerprint density at radius 3 is 2.57 bits per heavy atom. The maximum Gasteiger partial charge on any atom is 0.257 e. The molecule has 0 radical (unpaired) electrons. The van der Waals surface area contributed by atoms with Gasteiger partial charge < -0.3 is 0 Å². The molecule has 0 saturated carbocycles. The van der Waals surface area contributed by atoms with E-state index in [1.54, 1.807) is 23.9 Å². The highest BCUT2D eigenvalue weighted by Gasteiger charge is 2.10. The number of anilines is 1. The summed E-state index contributed by atoms with van der Waals surface area (Å²) in [7, 11) is 0. The normalized spacial score (nSPS) is 10.5. The predicted molar refractivity (Wildman–Crippen MR) is 98.0 cm³/mol. The smallest absolute Gasteiger partial charge is 0.257 e. The number of nitrogens with zero attached hydrogens (tertiary/aromatic N) is 2. The van der Waals surface area contributed by atoms with E-state index in [4.69, 9.17) is 0 Å². The summed E-state index contributed by atoms with van der Waals surface area (Å²) >= 11 is 6.33. The first-order valence-electron chi connectivity index (χ1n) is 6.78. The Hall–Kier alpha value is -1.70. The molecule has 0 aliphatic carbocycles. The molecule has 1 aromatic heterocycles. The van der Waals surface area contributed by atoms with Crippen LogP contribution in [0.5, 0.6) is 0 Å². The molecule has 0 fully saturated rings. The van der Waals surface area contributed by atoms with Crippen molar-refractivity contribution in [1.82, 2.24) is 10.2 Å². The lowest BCUT2D eigenvalue weighted by atomic mass is 10.2. The first-order chi connectivity index (χ1) is 11.2. The van der Waals surface area contributed by atoms with E-state index in [2.05, 4.69) is 43.6 Å². The highest BCUT2D eigenvalue weighted by molar-refractivity contribution is 9.10. The van der Waals surface area contributed by atoms with Gasteiger partial charge in [0, 0.05) is 15.8 Å². The summed E-state index contributed by atoms with van der Waals surface area (Å²) in [5.74, 6) is 0.643. The van der Waals surface area contributed by atoms with Gasteiger partial charge in [-0.05, 0) is 29.8 Å². The SMILES string of the molecule is O=C(Nc1nnc(SCc2ccccc2)s1)c1ccc(Br)cc1. The topological polar surface area (TPSA) is 54.9 Å². The summed E-state index contributed by atoms with van der Waals surface area (Å²) < 4.78 is 1.77. The first kappa shape index (κ1) is 16.2. The van der Waals surface area contributed by atoms with Crippen molar-refractivity contribution < 1.29 is 4.79 Å². The van der Waals surface area contributed by atoms with Crippen molar-refractivity contribution in [2.75, 3.05) is 5.32 Å². The van der Waals surface area contributed by atoms with Crippen LogP contribution in [-0.2, 0) is 5.75 Å². The molecule has 0 unspecified atom stereocenters. The highest BCUT2D eigenvalue weighted by Crippen LogP contribution is 2.28. The molecule has 3 rings (SSSR count). The lowest BCUT2D eigenvalue weighted by Gasteiger charge is -2.00. The van der Waals surface area contributed by atoms with Crippen LogP contribution in [0.1, 0.15) is 15.9 Å². The summed E-state index contributed by atoms with van der Waals surface area (Å²) in [6, 6.07) is 17.3. The van der Waals surface area contributed by atoms with Crippen molar-refractivity contribution in [3.63, 3.8) is 0 Å². The van der Waals surface area contributed by atoms with Crippen molar-refractivity contribution in [3.8, 4) is 0 Å². The van der Waals surface area contributed by atoms with E-state index in [9.17, 15) is 4.79 Å². The molecule has 0 atom stereocenters.